The van der Waals surface area contributed by atoms with Gasteiger partial charge in [-0.25, -0.2) is 4.98 Å². The van der Waals surface area contributed by atoms with Gasteiger partial charge in [-0.1, -0.05) is 0 Å². The summed E-state index contributed by atoms with van der Waals surface area (Å²) in [6.07, 6.45) is 5.18. The standard InChI is InChI=1S/C11H21N3O2/c1-10(2)16-8-11(15)7-12-3-5-14-6-4-13-9-14/h4,6,9-12,15H,3,5,7-8H2,1-2H3. The van der Waals surface area contributed by atoms with Crippen LogP contribution in [0.4, 0.5) is 0 Å². The van der Waals surface area contributed by atoms with Crippen LogP contribution in [0.3, 0.4) is 0 Å². The van der Waals surface area contributed by atoms with E-state index in [0.29, 0.717) is 13.2 Å². The lowest BCUT2D eigenvalue weighted by molar-refractivity contribution is 0.00642. The van der Waals surface area contributed by atoms with Crippen molar-refractivity contribution in [2.75, 3.05) is 19.7 Å². The molecule has 0 aliphatic rings. The molecule has 1 aromatic rings. The number of imidazole rings is 1. The van der Waals surface area contributed by atoms with Crippen molar-refractivity contribution < 1.29 is 9.84 Å². The molecular weight excluding hydrogens is 206 g/mol. The number of aliphatic hydroxyl groups excluding tert-OH is 1. The van der Waals surface area contributed by atoms with Gasteiger partial charge in [-0.2, -0.15) is 0 Å². The third kappa shape index (κ3) is 5.85. The quantitative estimate of drug-likeness (QED) is 0.625. The molecule has 1 unspecified atom stereocenters. The molecule has 92 valence electrons. The van der Waals surface area contributed by atoms with E-state index in [0.717, 1.165) is 13.1 Å². The summed E-state index contributed by atoms with van der Waals surface area (Å²) in [7, 11) is 0. The highest BCUT2D eigenvalue weighted by Gasteiger charge is 2.04. The zero-order chi connectivity index (χ0) is 11.8. The van der Waals surface area contributed by atoms with Crippen molar-refractivity contribution >= 4 is 0 Å². The monoisotopic (exact) mass is 227 g/mol. The van der Waals surface area contributed by atoms with Crippen molar-refractivity contribution in [3.05, 3.63) is 18.7 Å². The first-order valence-corrected chi connectivity index (χ1v) is 5.64. The third-order valence-corrected chi connectivity index (χ3v) is 2.11. The Labute approximate surface area is 96.4 Å². The maximum absolute atomic E-state index is 9.55. The second kappa shape index (κ2) is 7.38. The second-order valence-corrected chi connectivity index (χ2v) is 4.04. The number of aliphatic hydroxyl groups is 1. The first-order chi connectivity index (χ1) is 7.68. The summed E-state index contributed by atoms with van der Waals surface area (Å²) in [5.41, 5.74) is 0. The zero-order valence-corrected chi connectivity index (χ0v) is 9.97. The molecule has 1 atom stereocenters. The van der Waals surface area contributed by atoms with Crippen LogP contribution in [0.2, 0.25) is 0 Å². The van der Waals surface area contributed by atoms with E-state index in [2.05, 4.69) is 10.3 Å². The maximum Gasteiger partial charge on any atom is 0.0946 e. The number of hydrogen-bond donors (Lipinski definition) is 2. The van der Waals surface area contributed by atoms with Crippen LogP contribution in [0.5, 0.6) is 0 Å². The Morgan fingerprint density at radius 2 is 2.31 bits per heavy atom. The predicted molar refractivity (Wildman–Crippen MR) is 62.2 cm³/mol. The van der Waals surface area contributed by atoms with Crippen molar-refractivity contribution in [1.82, 2.24) is 14.9 Å². The van der Waals surface area contributed by atoms with Gasteiger partial charge in [0.15, 0.2) is 0 Å². The summed E-state index contributed by atoms with van der Waals surface area (Å²) in [4.78, 5) is 3.95. The number of nitrogens with zero attached hydrogens (tertiary/aromatic N) is 2. The summed E-state index contributed by atoms with van der Waals surface area (Å²) in [5, 5.41) is 12.7. The number of ether oxygens (including phenoxy) is 1. The van der Waals surface area contributed by atoms with Gasteiger partial charge in [0, 0.05) is 32.0 Å². The van der Waals surface area contributed by atoms with E-state index in [4.69, 9.17) is 4.74 Å². The first kappa shape index (κ1) is 13.2. The highest BCUT2D eigenvalue weighted by atomic mass is 16.5. The smallest absolute Gasteiger partial charge is 0.0946 e. The Morgan fingerprint density at radius 1 is 1.50 bits per heavy atom. The molecule has 0 radical (unpaired) electrons. The van der Waals surface area contributed by atoms with Crippen molar-refractivity contribution in [1.29, 1.82) is 0 Å². The molecule has 2 N–H and O–H groups in total. The van der Waals surface area contributed by atoms with Crippen LogP contribution >= 0.6 is 0 Å². The van der Waals surface area contributed by atoms with Gasteiger partial charge in [0.1, 0.15) is 0 Å². The van der Waals surface area contributed by atoms with Gasteiger partial charge < -0.3 is 19.7 Å². The van der Waals surface area contributed by atoms with Gasteiger partial charge >= 0.3 is 0 Å². The normalized spacial score (nSPS) is 13.2. The lowest BCUT2D eigenvalue weighted by atomic mass is 10.3. The van der Waals surface area contributed by atoms with E-state index in [9.17, 15) is 5.11 Å². The summed E-state index contributed by atoms with van der Waals surface area (Å²) >= 11 is 0. The van der Waals surface area contributed by atoms with Crippen molar-refractivity contribution in [2.45, 2.75) is 32.6 Å². The summed E-state index contributed by atoms with van der Waals surface area (Å²) in [6.45, 7) is 6.53. The maximum atomic E-state index is 9.55. The molecule has 0 saturated carbocycles. The van der Waals surface area contributed by atoms with Crippen molar-refractivity contribution in [3.63, 3.8) is 0 Å². The van der Waals surface area contributed by atoms with Gasteiger partial charge in [0.25, 0.3) is 0 Å². The fourth-order valence-corrected chi connectivity index (χ4v) is 1.26. The Bertz CT molecular complexity index is 262. The van der Waals surface area contributed by atoms with E-state index >= 15 is 0 Å². The molecular formula is C11H21N3O2. The molecule has 0 bridgehead atoms. The molecule has 1 aromatic heterocycles. The second-order valence-electron chi connectivity index (χ2n) is 4.04. The SMILES string of the molecule is CC(C)OCC(O)CNCCn1ccnc1. The highest BCUT2D eigenvalue weighted by molar-refractivity contribution is 4.74. The summed E-state index contributed by atoms with van der Waals surface area (Å²) < 4.78 is 7.29. The molecule has 0 aliphatic carbocycles. The molecule has 0 amide bonds. The molecule has 0 fully saturated rings. The van der Waals surface area contributed by atoms with Gasteiger partial charge in [0.2, 0.25) is 0 Å². The fraction of sp³-hybridized carbons (Fsp3) is 0.727. The van der Waals surface area contributed by atoms with E-state index in [-0.39, 0.29) is 6.10 Å². The molecule has 5 nitrogen and oxygen atoms in total. The first-order valence-electron chi connectivity index (χ1n) is 5.64. The van der Waals surface area contributed by atoms with Gasteiger partial charge in [0.05, 0.1) is 25.1 Å². The molecule has 16 heavy (non-hydrogen) atoms. The van der Waals surface area contributed by atoms with Crippen LogP contribution in [-0.4, -0.2) is 46.6 Å². The lowest BCUT2D eigenvalue weighted by Crippen LogP contribution is -2.32. The average Bonchev–Trinajstić information content (AvgIpc) is 2.74. The topological polar surface area (TPSA) is 59.3 Å². The molecule has 0 spiro atoms. The minimum absolute atomic E-state index is 0.167. The minimum atomic E-state index is -0.440. The molecule has 5 heteroatoms. The van der Waals surface area contributed by atoms with Gasteiger partial charge in [-0.15, -0.1) is 0 Å². The number of aromatic nitrogens is 2. The third-order valence-electron chi connectivity index (χ3n) is 2.11. The predicted octanol–water partition coefficient (Wildman–Crippen LogP) is 0.259. The Kier molecular flexibility index (Phi) is 6.07. The van der Waals surface area contributed by atoms with E-state index in [1.807, 2.05) is 24.6 Å². The van der Waals surface area contributed by atoms with Crippen LogP contribution in [0.15, 0.2) is 18.7 Å². The van der Waals surface area contributed by atoms with Crippen LogP contribution in [0.1, 0.15) is 13.8 Å². The number of nitrogens with one attached hydrogen (secondary N) is 1. The Balaban J connectivity index is 1.98. The number of hydrogen-bond acceptors (Lipinski definition) is 4. The van der Waals surface area contributed by atoms with Crippen LogP contribution in [0.25, 0.3) is 0 Å². The number of rotatable bonds is 8. The van der Waals surface area contributed by atoms with E-state index in [1.165, 1.54) is 0 Å². The minimum Gasteiger partial charge on any atom is -0.389 e. The average molecular weight is 227 g/mol. The molecule has 0 aliphatic heterocycles. The van der Waals surface area contributed by atoms with Crippen molar-refractivity contribution in [2.24, 2.45) is 0 Å². The summed E-state index contributed by atoms with van der Waals surface area (Å²) in [5.74, 6) is 0. The summed E-state index contributed by atoms with van der Waals surface area (Å²) in [6, 6.07) is 0. The molecule has 0 saturated heterocycles. The van der Waals surface area contributed by atoms with Crippen molar-refractivity contribution in [3.8, 4) is 0 Å². The largest absolute Gasteiger partial charge is 0.389 e. The van der Waals surface area contributed by atoms with Gasteiger partial charge in [-0.3, -0.25) is 0 Å². The van der Waals surface area contributed by atoms with Gasteiger partial charge in [-0.05, 0) is 13.8 Å². The Hall–Kier alpha value is -0.910. The van der Waals surface area contributed by atoms with Crippen LogP contribution < -0.4 is 5.32 Å². The van der Waals surface area contributed by atoms with E-state index < -0.39 is 6.10 Å². The van der Waals surface area contributed by atoms with E-state index in [1.54, 1.807) is 12.5 Å². The van der Waals surface area contributed by atoms with Crippen LogP contribution in [-0.2, 0) is 11.3 Å². The lowest BCUT2D eigenvalue weighted by Gasteiger charge is -2.14. The fourth-order valence-electron chi connectivity index (χ4n) is 1.26. The zero-order valence-electron chi connectivity index (χ0n) is 9.97. The highest BCUT2D eigenvalue weighted by Crippen LogP contribution is 1.91. The Morgan fingerprint density at radius 3 is 2.94 bits per heavy atom. The van der Waals surface area contributed by atoms with Crippen LogP contribution in [0, 0.1) is 0 Å². The molecule has 0 aromatic carbocycles. The molecule has 1 heterocycles. The molecule has 1 rings (SSSR count).